The van der Waals surface area contributed by atoms with Gasteiger partial charge >= 0.3 is 11.8 Å². The summed E-state index contributed by atoms with van der Waals surface area (Å²) in [4.78, 5) is 28.9. The molecule has 1 rings (SSSR count). The predicted octanol–water partition coefficient (Wildman–Crippen LogP) is 0.828. The summed E-state index contributed by atoms with van der Waals surface area (Å²) in [6.45, 7) is 3.15. The van der Waals surface area contributed by atoms with Crippen LogP contribution in [-0.4, -0.2) is 47.2 Å². The summed E-state index contributed by atoms with van der Waals surface area (Å²) in [7, 11) is 0. The molecule has 0 fully saturated rings. The molecular formula is C13H18ClN3O2. The molecule has 0 spiro atoms. The van der Waals surface area contributed by atoms with Crippen LogP contribution >= 0.6 is 11.6 Å². The van der Waals surface area contributed by atoms with E-state index < -0.39 is 11.8 Å². The van der Waals surface area contributed by atoms with Crippen LogP contribution in [0.2, 0.25) is 0 Å². The van der Waals surface area contributed by atoms with Gasteiger partial charge in [-0.3, -0.25) is 14.6 Å². The van der Waals surface area contributed by atoms with Gasteiger partial charge in [-0.15, -0.1) is 11.6 Å². The van der Waals surface area contributed by atoms with E-state index in [0.717, 1.165) is 5.56 Å². The molecule has 0 bridgehead atoms. The van der Waals surface area contributed by atoms with Crippen LogP contribution in [0.5, 0.6) is 0 Å². The van der Waals surface area contributed by atoms with Crippen LogP contribution < -0.4 is 5.32 Å². The normalized spacial score (nSPS) is 10.0. The first-order valence-corrected chi connectivity index (χ1v) is 6.74. The van der Waals surface area contributed by atoms with Gasteiger partial charge in [-0.05, 0) is 31.0 Å². The molecule has 1 heterocycles. The standard InChI is InChI=1S/C13H18ClN3O2/c1-2-17(13(19)12(18)16-9-6-14)10-5-11-3-7-15-8-4-11/h3-4,7-8H,2,5-6,9-10H2,1H3,(H,16,18). The number of nitrogens with one attached hydrogen (secondary N) is 1. The number of halogens is 1. The number of likely N-dealkylation sites (N-methyl/N-ethyl adjacent to an activating group) is 1. The van der Waals surface area contributed by atoms with Gasteiger partial charge in [0, 0.05) is 37.9 Å². The van der Waals surface area contributed by atoms with Crippen LogP contribution in [0.3, 0.4) is 0 Å². The molecule has 0 atom stereocenters. The van der Waals surface area contributed by atoms with Crippen molar-refractivity contribution in [2.45, 2.75) is 13.3 Å². The molecule has 0 aliphatic heterocycles. The fourth-order valence-electron chi connectivity index (χ4n) is 1.60. The summed E-state index contributed by atoms with van der Waals surface area (Å²) < 4.78 is 0. The van der Waals surface area contributed by atoms with E-state index in [9.17, 15) is 9.59 Å². The van der Waals surface area contributed by atoms with E-state index in [1.54, 1.807) is 12.4 Å². The van der Waals surface area contributed by atoms with Crippen LogP contribution in [0.15, 0.2) is 24.5 Å². The number of hydrogen-bond donors (Lipinski definition) is 1. The first-order valence-electron chi connectivity index (χ1n) is 6.21. The molecule has 0 unspecified atom stereocenters. The van der Waals surface area contributed by atoms with Crippen LogP contribution in [-0.2, 0) is 16.0 Å². The third kappa shape index (κ3) is 5.26. The zero-order valence-corrected chi connectivity index (χ0v) is 11.7. The van der Waals surface area contributed by atoms with Crippen molar-refractivity contribution >= 4 is 23.4 Å². The van der Waals surface area contributed by atoms with E-state index in [4.69, 9.17) is 11.6 Å². The Morgan fingerprint density at radius 2 is 2.05 bits per heavy atom. The first kappa shape index (κ1) is 15.4. The number of pyridine rings is 1. The zero-order valence-electron chi connectivity index (χ0n) is 10.9. The molecule has 1 aromatic rings. The van der Waals surface area contributed by atoms with E-state index in [1.165, 1.54) is 4.90 Å². The minimum atomic E-state index is -0.600. The molecule has 0 saturated carbocycles. The highest BCUT2D eigenvalue weighted by Crippen LogP contribution is 2.00. The summed E-state index contributed by atoms with van der Waals surface area (Å²) in [5.74, 6) is -0.818. The number of hydrogen-bond acceptors (Lipinski definition) is 3. The lowest BCUT2D eigenvalue weighted by Crippen LogP contribution is -2.44. The molecule has 0 aromatic carbocycles. The Kier molecular flexibility index (Phi) is 6.89. The molecule has 0 radical (unpaired) electrons. The van der Waals surface area contributed by atoms with E-state index >= 15 is 0 Å². The summed E-state index contributed by atoms with van der Waals surface area (Å²) in [6.07, 6.45) is 4.12. The van der Waals surface area contributed by atoms with Crippen molar-refractivity contribution in [1.82, 2.24) is 15.2 Å². The summed E-state index contributed by atoms with van der Waals surface area (Å²) >= 11 is 5.46. The highest BCUT2D eigenvalue weighted by atomic mass is 35.5. The van der Waals surface area contributed by atoms with Crippen LogP contribution in [0.4, 0.5) is 0 Å². The topological polar surface area (TPSA) is 62.3 Å². The third-order valence-corrected chi connectivity index (χ3v) is 2.85. The Hall–Kier alpha value is -1.62. The summed E-state index contributed by atoms with van der Waals surface area (Å²) in [5.41, 5.74) is 1.09. The van der Waals surface area contributed by atoms with Gasteiger partial charge in [0.1, 0.15) is 0 Å². The lowest BCUT2D eigenvalue weighted by molar-refractivity contribution is -0.145. The number of aromatic nitrogens is 1. The van der Waals surface area contributed by atoms with Crippen molar-refractivity contribution in [2.75, 3.05) is 25.5 Å². The van der Waals surface area contributed by atoms with Crippen molar-refractivity contribution in [3.63, 3.8) is 0 Å². The molecule has 0 saturated heterocycles. The monoisotopic (exact) mass is 283 g/mol. The average molecular weight is 284 g/mol. The summed E-state index contributed by atoms with van der Waals surface area (Å²) in [5, 5.41) is 2.47. The number of carbonyl (C=O) groups is 2. The van der Waals surface area contributed by atoms with Crippen molar-refractivity contribution in [3.05, 3.63) is 30.1 Å². The number of nitrogens with zero attached hydrogens (tertiary/aromatic N) is 2. The summed E-state index contributed by atoms with van der Waals surface area (Å²) in [6, 6.07) is 3.79. The number of alkyl halides is 1. The van der Waals surface area contributed by atoms with Crippen molar-refractivity contribution in [2.24, 2.45) is 0 Å². The van der Waals surface area contributed by atoms with Crippen molar-refractivity contribution < 1.29 is 9.59 Å². The average Bonchev–Trinajstić information content (AvgIpc) is 2.46. The van der Waals surface area contributed by atoms with Crippen molar-refractivity contribution in [1.29, 1.82) is 0 Å². The minimum Gasteiger partial charge on any atom is -0.347 e. The van der Waals surface area contributed by atoms with Gasteiger partial charge < -0.3 is 10.2 Å². The SMILES string of the molecule is CCN(CCc1ccncc1)C(=O)C(=O)NCCCl. The lowest BCUT2D eigenvalue weighted by Gasteiger charge is -2.20. The second-order valence-electron chi connectivity index (χ2n) is 3.94. The predicted molar refractivity (Wildman–Crippen MR) is 73.9 cm³/mol. The number of carbonyl (C=O) groups excluding carboxylic acids is 2. The second kappa shape index (κ2) is 8.48. The maximum absolute atomic E-state index is 11.9. The van der Waals surface area contributed by atoms with E-state index in [1.807, 2.05) is 19.1 Å². The highest BCUT2D eigenvalue weighted by Gasteiger charge is 2.19. The van der Waals surface area contributed by atoms with Gasteiger partial charge in [0.05, 0.1) is 0 Å². The largest absolute Gasteiger partial charge is 0.347 e. The Morgan fingerprint density at radius 1 is 1.37 bits per heavy atom. The van der Waals surface area contributed by atoms with E-state index in [0.29, 0.717) is 31.9 Å². The Balaban J connectivity index is 2.48. The molecule has 0 aliphatic carbocycles. The van der Waals surface area contributed by atoms with Gasteiger partial charge in [0.2, 0.25) is 0 Å². The van der Waals surface area contributed by atoms with E-state index in [-0.39, 0.29) is 0 Å². The fraction of sp³-hybridized carbons (Fsp3) is 0.462. The maximum atomic E-state index is 11.9. The maximum Gasteiger partial charge on any atom is 0.311 e. The number of rotatable bonds is 6. The van der Waals surface area contributed by atoms with Crippen LogP contribution in [0, 0.1) is 0 Å². The van der Waals surface area contributed by atoms with Gasteiger partial charge in [-0.2, -0.15) is 0 Å². The molecule has 5 nitrogen and oxygen atoms in total. The second-order valence-corrected chi connectivity index (χ2v) is 4.31. The lowest BCUT2D eigenvalue weighted by atomic mass is 10.2. The third-order valence-electron chi connectivity index (χ3n) is 2.66. The van der Waals surface area contributed by atoms with Crippen molar-refractivity contribution in [3.8, 4) is 0 Å². The smallest absolute Gasteiger partial charge is 0.311 e. The molecule has 104 valence electrons. The first-order chi connectivity index (χ1) is 9.19. The molecular weight excluding hydrogens is 266 g/mol. The van der Waals surface area contributed by atoms with Gasteiger partial charge in [-0.1, -0.05) is 0 Å². The molecule has 1 N–H and O–H groups in total. The molecule has 1 aromatic heterocycles. The van der Waals surface area contributed by atoms with Gasteiger partial charge in [0.25, 0.3) is 0 Å². The molecule has 2 amide bonds. The quantitative estimate of drug-likeness (QED) is 0.621. The molecule has 6 heteroatoms. The van der Waals surface area contributed by atoms with Crippen LogP contribution in [0.25, 0.3) is 0 Å². The van der Waals surface area contributed by atoms with Gasteiger partial charge in [0.15, 0.2) is 0 Å². The zero-order chi connectivity index (χ0) is 14.1. The highest BCUT2D eigenvalue weighted by molar-refractivity contribution is 6.35. The van der Waals surface area contributed by atoms with E-state index in [2.05, 4.69) is 10.3 Å². The minimum absolute atomic E-state index is 0.294. The van der Waals surface area contributed by atoms with Crippen LogP contribution in [0.1, 0.15) is 12.5 Å². The molecule has 0 aliphatic rings. The Bertz CT molecular complexity index is 412. The Labute approximate surface area is 118 Å². The fourth-order valence-corrected chi connectivity index (χ4v) is 1.69. The number of amides is 2. The van der Waals surface area contributed by atoms with Gasteiger partial charge in [-0.25, -0.2) is 0 Å². The Morgan fingerprint density at radius 3 is 2.63 bits per heavy atom. The molecule has 19 heavy (non-hydrogen) atoms.